The number of aromatic nitrogens is 1. The number of nitrogens with one attached hydrogen (secondary N) is 1. The van der Waals surface area contributed by atoms with E-state index in [-0.39, 0.29) is 18.2 Å². The molecule has 2 aromatic carbocycles. The number of hydrogen-bond acceptors (Lipinski definition) is 4. The minimum Gasteiger partial charge on any atom is -0.493 e. The van der Waals surface area contributed by atoms with E-state index in [0.717, 1.165) is 27.6 Å². The molecule has 0 aliphatic rings. The predicted molar refractivity (Wildman–Crippen MR) is 95.6 cm³/mol. The quantitative estimate of drug-likeness (QED) is 0.688. The van der Waals surface area contributed by atoms with Crippen LogP contribution in [0.15, 0.2) is 46.6 Å². The highest BCUT2D eigenvalue weighted by Gasteiger charge is 2.13. The van der Waals surface area contributed by atoms with E-state index in [9.17, 15) is 9.90 Å². The molecule has 0 radical (unpaired) electrons. The highest BCUT2D eigenvalue weighted by atomic mass is 16.5. The van der Waals surface area contributed by atoms with Crippen LogP contribution >= 0.6 is 0 Å². The SMILES string of the molecule is Cc1ccc(OCC(=O)N=Nc2c(O)[nH]c3c(C)cc(C)cc23)cc1. The van der Waals surface area contributed by atoms with Crippen LogP contribution in [0, 0.1) is 20.8 Å². The van der Waals surface area contributed by atoms with Crippen molar-refractivity contribution in [2.24, 2.45) is 10.2 Å². The molecule has 0 spiro atoms. The van der Waals surface area contributed by atoms with Gasteiger partial charge in [-0.1, -0.05) is 29.3 Å². The number of nitrogens with zero attached hydrogens (tertiary/aromatic N) is 2. The average molecular weight is 337 g/mol. The summed E-state index contributed by atoms with van der Waals surface area (Å²) in [6.45, 7) is 5.65. The maximum Gasteiger partial charge on any atom is 0.302 e. The Morgan fingerprint density at radius 1 is 1.12 bits per heavy atom. The van der Waals surface area contributed by atoms with E-state index in [1.807, 2.05) is 45.0 Å². The number of hydrogen-bond donors (Lipinski definition) is 2. The lowest BCUT2D eigenvalue weighted by Crippen LogP contribution is -2.07. The molecule has 0 unspecified atom stereocenters. The fraction of sp³-hybridized carbons (Fsp3) is 0.211. The van der Waals surface area contributed by atoms with Crippen LogP contribution in [0.3, 0.4) is 0 Å². The Balaban J connectivity index is 1.75. The first kappa shape index (κ1) is 16.7. The number of azo groups is 1. The Bertz CT molecular complexity index is 956. The fourth-order valence-corrected chi connectivity index (χ4v) is 2.64. The van der Waals surface area contributed by atoms with Gasteiger partial charge in [-0.3, -0.25) is 4.79 Å². The van der Waals surface area contributed by atoms with Gasteiger partial charge in [0, 0.05) is 5.39 Å². The predicted octanol–water partition coefficient (Wildman–Crippen LogP) is 4.49. The molecule has 1 heterocycles. The maximum atomic E-state index is 11.9. The number of H-pyrrole nitrogens is 1. The van der Waals surface area contributed by atoms with E-state index in [0.29, 0.717) is 5.75 Å². The summed E-state index contributed by atoms with van der Waals surface area (Å²) in [4.78, 5) is 14.8. The van der Waals surface area contributed by atoms with Gasteiger partial charge in [0.25, 0.3) is 0 Å². The second-order valence-corrected chi connectivity index (χ2v) is 6.02. The highest BCUT2D eigenvalue weighted by Crippen LogP contribution is 2.37. The summed E-state index contributed by atoms with van der Waals surface area (Å²) < 4.78 is 5.38. The van der Waals surface area contributed by atoms with Crippen molar-refractivity contribution >= 4 is 22.5 Å². The molecule has 1 aromatic heterocycles. The van der Waals surface area contributed by atoms with Gasteiger partial charge in [0.15, 0.2) is 12.3 Å². The van der Waals surface area contributed by atoms with Crippen molar-refractivity contribution in [3.8, 4) is 11.6 Å². The zero-order valence-corrected chi connectivity index (χ0v) is 14.3. The topological polar surface area (TPSA) is 87.0 Å². The van der Waals surface area contributed by atoms with Crippen molar-refractivity contribution in [3.63, 3.8) is 0 Å². The number of carbonyl (C=O) groups excluding carboxylic acids is 1. The number of aryl methyl sites for hydroxylation is 3. The molecule has 0 aliphatic heterocycles. The van der Waals surface area contributed by atoms with E-state index in [2.05, 4.69) is 15.2 Å². The third-order valence-corrected chi connectivity index (χ3v) is 3.85. The van der Waals surface area contributed by atoms with Gasteiger partial charge in [-0.2, -0.15) is 0 Å². The molecule has 6 heteroatoms. The minimum absolute atomic E-state index is 0.111. The maximum absolute atomic E-state index is 11.9. The first-order valence-electron chi connectivity index (χ1n) is 7.90. The molecule has 128 valence electrons. The molecule has 0 bridgehead atoms. The Labute approximate surface area is 145 Å². The van der Waals surface area contributed by atoms with Crippen LogP contribution in [0.4, 0.5) is 5.69 Å². The number of rotatable bonds is 4. The van der Waals surface area contributed by atoms with Gasteiger partial charge in [-0.25, -0.2) is 0 Å². The van der Waals surface area contributed by atoms with Crippen molar-refractivity contribution in [2.75, 3.05) is 6.61 Å². The van der Waals surface area contributed by atoms with E-state index >= 15 is 0 Å². The minimum atomic E-state index is -0.529. The standard InChI is InChI=1S/C19H19N3O3/c1-11-4-6-14(7-5-11)25-10-16(23)21-22-18-15-9-12(2)8-13(3)17(15)20-19(18)24/h4-9,20,24H,10H2,1-3H3. The summed E-state index contributed by atoms with van der Waals surface area (Å²) >= 11 is 0. The summed E-state index contributed by atoms with van der Waals surface area (Å²) in [5, 5.41) is 18.3. The third-order valence-electron chi connectivity index (χ3n) is 3.85. The van der Waals surface area contributed by atoms with E-state index in [4.69, 9.17) is 4.74 Å². The molecular formula is C19H19N3O3. The number of aromatic amines is 1. The van der Waals surface area contributed by atoms with Crippen LogP contribution in [0.5, 0.6) is 11.6 Å². The first-order chi connectivity index (χ1) is 11.9. The molecule has 25 heavy (non-hydrogen) atoms. The van der Waals surface area contributed by atoms with Crippen molar-refractivity contribution in [1.29, 1.82) is 0 Å². The zero-order chi connectivity index (χ0) is 18.0. The number of ether oxygens (including phenoxy) is 1. The van der Waals surface area contributed by atoms with Gasteiger partial charge < -0.3 is 14.8 Å². The van der Waals surface area contributed by atoms with Crippen molar-refractivity contribution < 1.29 is 14.6 Å². The molecule has 0 saturated heterocycles. The molecule has 0 aliphatic carbocycles. The van der Waals surface area contributed by atoms with Gasteiger partial charge in [-0.15, -0.1) is 10.2 Å². The highest BCUT2D eigenvalue weighted by molar-refractivity contribution is 5.96. The number of benzene rings is 2. The average Bonchev–Trinajstić information content (AvgIpc) is 2.88. The van der Waals surface area contributed by atoms with Crippen molar-refractivity contribution in [1.82, 2.24) is 4.98 Å². The third kappa shape index (κ3) is 3.68. The lowest BCUT2D eigenvalue weighted by molar-refractivity contribution is -0.120. The molecular weight excluding hydrogens is 318 g/mol. The van der Waals surface area contributed by atoms with Crippen molar-refractivity contribution in [3.05, 3.63) is 53.1 Å². The Hall–Kier alpha value is -3.15. The van der Waals surface area contributed by atoms with Gasteiger partial charge in [0.1, 0.15) is 5.75 Å². The van der Waals surface area contributed by atoms with Crippen LogP contribution in [0.1, 0.15) is 16.7 Å². The lowest BCUT2D eigenvalue weighted by Gasteiger charge is -2.02. The molecule has 3 aromatic rings. The second kappa shape index (κ2) is 6.76. The summed E-state index contributed by atoms with van der Waals surface area (Å²) in [6, 6.07) is 11.3. The molecule has 0 saturated carbocycles. The Morgan fingerprint density at radius 2 is 1.84 bits per heavy atom. The number of aromatic hydroxyl groups is 1. The molecule has 0 fully saturated rings. The molecule has 0 atom stereocenters. The molecule has 2 N–H and O–H groups in total. The smallest absolute Gasteiger partial charge is 0.302 e. The van der Waals surface area contributed by atoms with Crippen LogP contribution < -0.4 is 4.74 Å². The van der Waals surface area contributed by atoms with E-state index < -0.39 is 5.91 Å². The van der Waals surface area contributed by atoms with Gasteiger partial charge in [0.2, 0.25) is 5.88 Å². The summed E-state index contributed by atoms with van der Waals surface area (Å²) in [6.07, 6.45) is 0. The zero-order valence-electron chi connectivity index (χ0n) is 14.3. The number of amides is 1. The largest absolute Gasteiger partial charge is 0.493 e. The Kier molecular flexibility index (Phi) is 4.52. The second-order valence-electron chi connectivity index (χ2n) is 6.02. The van der Waals surface area contributed by atoms with E-state index in [1.165, 1.54) is 0 Å². The van der Waals surface area contributed by atoms with Crippen LogP contribution in [0.25, 0.3) is 10.9 Å². The Morgan fingerprint density at radius 3 is 2.56 bits per heavy atom. The van der Waals surface area contributed by atoms with Gasteiger partial charge in [0.05, 0.1) is 5.52 Å². The van der Waals surface area contributed by atoms with Gasteiger partial charge in [-0.05, 0) is 44.5 Å². The van der Waals surface area contributed by atoms with Crippen LogP contribution in [-0.4, -0.2) is 22.6 Å². The normalized spacial score (nSPS) is 11.3. The number of carbonyl (C=O) groups is 1. The van der Waals surface area contributed by atoms with Crippen LogP contribution in [0.2, 0.25) is 0 Å². The summed E-state index contributed by atoms with van der Waals surface area (Å²) in [5.41, 5.74) is 4.17. The van der Waals surface area contributed by atoms with Crippen molar-refractivity contribution in [2.45, 2.75) is 20.8 Å². The van der Waals surface area contributed by atoms with Gasteiger partial charge >= 0.3 is 5.91 Å². The molecule has 3 rings (SSSR count). The first-order valence-corrected chi connectivity index (χ1v) is 7.90. The molecule has 6 nitrogen and oxygen atoms in total. The number of fused-ring (bicyclic) bond motifs is 1. The monoisotopic (exact) mass is 337 g/mol. The molecule has 1 amide bonds. The fourth-order valence-electron chi connectivity index (χ4n) is 2.64. The lowest BCUT2D eigenvalue weighted by atomic mass is 10.1. The summed E-state index contributed by atoms with van der Waals surface area (Å²) in [5.74, 6) is -0.0475. The van der Waals surface area contributed by atoms with Crippen LogP contribution in [-0.2, 0) is 4.79 Å². The summed E-state index contributed by atoms with van der Waals surface area (Å²) in [7, 11) is 0. The van der Waals surface area contributed by atoms with E-state index in [1.54, 1.807) is 12.1 Å².